The second kappa shape index (κ2) is 5.90. The van der Waals surface area contributed by atoms with Crippen molar-refractivity contribution in [2.75, 3.05) is 23.1 Å². The molecule has 0 bridgehead atoms. The Morgan fingerprint density at radius 2 is 1.96 bits per heavy atom. The summed E-state index contributed by atoms with van der Waals surface area (Å²) in [6.07, 6.45) is 1.28. The molecule has 6 nitrogen and oxygen atoms in total. The highest BCUT2D eigenvalue weighted by molar-refractivity contribution is 6.13. The zero-order chi connectivity index (χ0) is 17.4. The van der Waals surface area contributed by atoms with E-state index in [9.17, 15) is 0 Å². The molecule has 25 heavy (non-hydrogen) atoms. The van der Waals surface area contributed by atoms with Crippen LogP contribution in [0.1, 0.15) is 17.3 Å². The number of furan rings is 1. The summed E-state index contributed by atoms with van der Waals surface area (Å²) in [7, 11) is 1.63. The molecule has 126 valence electrons. The van der Waals surface area contributed by atoms with Crippen molar-refractivity contribution in [3.05, 3.63) is 72.0 Å². The fourth-order valence-electron chi connectivity index (χ4n) is 3.04. The summed E-state index contributed by atoms with van der Waals surface area (Å²) < 4.78 is 10.7. The highest BCUT2D eigenvalue weighted by Gasteiger charge is 2.33. The van der Waals surface area contributed by atoms with Gasteiger partial charge >= 0.3 is 0 Å². The van der Waals surface area contributed by atoms with E-state index in [1.54, 1.807) is 19.4 Å². The second-order valence-corrected chi connectivity index (χ2v) is 5.80. The van der Waals surface area contributed by atoms with E-state index in [-0.39, 0.29) is 6.17 Å². The van der Waals surface area contributed by atoms with Gasteiger partial charge in [-0.15, -0.1) is 0 Å². The van der Waals surface area contributed by atoms with Crippen molar-refractivity contribution >= 4 is 23.1 Å². The van der Waals surface area contributed by atoms with E-state index in [0.29, 0.717) is 17.4 Å². The molecular weight excluding hydrogens is 316 g/mol. The van der Waals surface area contributed by atoms with Gasteiger partial charge in [0.15, 0.2) is 0 Å². The van der Waals surface area contributed by atoms with Gasteiger partial charge in [0.05, 0.1) is 18.9 Å². The molecule has 0 saturated carbocycles. The van der Waals surface area contributed by atoms with Crippen molar-refractivity contribution in [2.45, 2.75) is 6.17 Å². The fraction of sp³-hybridized carbons (Fsp3) is 0.105. The number of nitrogens with one attached hydrogen (secondary N) is 2. The van der Waals surface area contributed by atoms with Gasteiger partial charge in [-0.1, -0.05) is 12.1 Å². The van der Waals surface area contributed by atoms with Crippen molar-refractivity contribution in [3.8, 4) is 5.75 Å². The number of methoxy groups -OCH3 is 1. The number of nitrogen functional groups attached to an aromatic ring is 1. The summed E-state index contributed by atoms with van der Waals surface area (Å²) in [4.78, 5) is 1.91. The summed E-state index contributed by atoms with van der Waals surface area (Å²) >= 11 is 0. The number of nitrogens with zero attached hydrogens (tertiary/aromatic N) is 1. The van der Waals surface area contributed by atoms with E-state index in [4.69, 9.17) is 20.3 Å². The summed E-state index contributed by atoms with van der Waals surface area (Å²) in [5, 5.41) is 12.0. The van der Waals surface area contributed by atoms with Crippen molar-refractivity contribution in [1.29, 1.82) is 5.41 Å². The third-order valence-corrected chi connectivity index (χ3v) is 4.26. The van der Waals surface area contributed by atoms with Crippen LogP contribution in [0.5, 0.6) is 5.75 Å². The Labute approximate surface area is 145 Å². The largest absolute Gasteiger partial charge is 0.497 e. The molecule has 1 aliphatic heterocycles. The van der Waals surface area contributed by atoms with Crippen LogP contribution in [0.3, 0.4) is 0 Å². The smallest absolute Gasteiger partial charge is 0.205 e. The van der Waals surface area contributed by atoms with Crippen molar-refractivity contribution in [1.82, 2.24) is 0 Å². The van der Waals surface area contributed by atoms with Crippen LogP contribution in [0.25, 0.3) is 0 Å². The van der Waals surface area contributed by atoms with Gasteiger partial charge in [-0.3, -0.25) is 5.41 Å². The van der Waals surface area contributed by atoms with Crippen LogP contribution < -0.4 is 20.7 Å². The first-order chi connectivity index (χ1) is 12.2. The predicted molar refractivity (Wildman–Crippen MR) is 98.2 cm³/mol. The molecule has 1 aliphatic rings. The third kappa shape index (κ3) is 2.57. The molecule has 0 saturated heterocycles. The van der Waals surface area contributed by atoms with Gasteiger partial charge in [0.25, 0.3) is 0 Å². The number of fused-ring (bicyclic) bond motifs is 1. The van der Waals surface area contributed by atoms with Crippen molar-refractivity contribution in [2.24, 2.45) is 0 Å². The van der Waals surface area contributed by atoms with E-state index in [0.717, 1.165) is 22.6 Å². The number of amidine groups is 1. The average molecular weight is 334 g/mol. The topological polar surface area (TPSA) is 87.5 Å². The number of anilines is 3. The lowest BCUT2D eigenvalue weighted by molar-refractivity contribution is 0.415. The Balaban J connectivity index is 1.82. The minimum absolute atomic E-state index is 0.303. The highest BCUT2D eigenvalue weighted by Crippen LogP contribution is 2.37. The minimum Gasteiger partial charge on any atom is -0.497 e. The minimum atomic E-state index is -0.303. The van der Waals surface area contributed by atoms with Gasteiger partial charge in [0.2, 0.25) is 5.88 Å². The second-order valence-electron chi connectivity index (χ2n) is 5.80. The van der Waals surface area contributed by atoms with Gasteiger partial charge in [-0.05, 0) is 48.0 Å². The standard InChI is InChI=1S/C19H18N4O2/c1-24-15-7-5-14(6-8-15)23-17(21)16-9-10-25-19(16)22-18(23)12-3-2-4-13(20)11-12/h2-11,18,21-22H,20H2,1H3. The lowest BCUT2D eigenvalue weighted by Crippen LogP contribution is -2.42. The first-order valence-corrected chi connectivity index (χ1v) is 7.89. The van der Waals surface area contributed by atoms with Crippen LogP contribution in [0.4, 0.5) is 17.3 Å². The summed E-state index contributed by atoms with van der Waals surface area (Å²) in [6.45, 7) is 0. The highest BCUT2D eigenvalue weighted by atomic mass is 16.5. The molecule has 1 unspecified atom stereocenters. The SMILES string of the molecule is COc1ccc(N2C(=N)c3ccoc3NC2c2cccc(N)c2)cc1. The number of ether oxygens (including phenoxy) is 1. The summed E-state index contributed by atoms with van der Waals surface area (Å²) in [5.41, 5.74) is 9.17. The summed E-state index contributed by atoms with van der Waals surface area (Å²) in [6, 6.07) is 17.0. The zero-order valence-corrected chi connectivity index (χ0v) is 13.7. The number of rotatable bonds is 3. The quantitative estimate of drug-likeness (QED) is 0.634. The molecule has 2 aromatic carbocycles. The Morgan fingerprint density at radius 1 is 1.16 bits per heavy atom. The van der Waals surface area contributed by atoms with E-state index >= 15 is 0 Å². The van der Waals surface area contributed by atoms with E-state index in [1.165, 1.54) is 0 Å². The molecule has 2 heterocycles. The van der Waals surface area contributed by atoms with E-state index in [2.05, 4.69) is 5.32 Å². The van der Waals surface area contributed by atoms with Crippen LogP contribution in [0, 0.1) is 5.41 Å². The normalized spacial score (nSPS) is 16.3. The van der Waals surface area contributed by atoms with Crippen molar-refractivity contribution < 1.29 is 9.15 Å². The molecule has 1 atom stereocenters. The van der Waals surface area contributed by atoms with Crippen molar-refractivity contribution in [3.63, 3.8) is 0 Å². The lowest BCUT2D eigenvalue weighted by Gasteiger charge is -2.38. The fourth-order valence-corrected chi connectivity index (χ4v) is 3.04. The lowest BCUT2D eigenvalue weighted by atomic mass is 10.1. The maximum atomic E-state index is 8.68. The van der Waals surface area contributed by atoms with Gasteiger partial charge < -0.3 is 25.1 Å². The first-order valence-electron chi connectivity index (χ1n) is 7.89. The van der Waals surface area contributed by atoms with Gasteiger partial charge in [-0.25, -0.2) is 0 Å². The van der Waals surface area contributed by atoms with Crippen LogP contribution in [-0.2, 0) is 0 Å². The molecule has 0 spiro atoms. The summed E-state index contributed by atoms with van der Waals surface area (Å²) in [5.74, 6) is 1.71. The van der Waals surface area contributed by atoms with Gasteiger partial charge in [0.1, 0.15) is 17.8 Å². The molecule has 6 heteroatoms. The molecule has 4 rings (SSSR count). The van der Waals surface area contributed by atoms with E-state index in [1.807, 2.05) is 53.4 Å². The van der Waals surface area contributed by atoms with Gasteiger partial charge in [0, 0.05) is 11.4 Å². The maximum absolute atomic E-state index is 8.68. The molecule has 1 aromatic heterocycles. The molecule has 3 aromatic rings. The predicted octanol–water partition coefficient (Wildman–Crippen LogP) is 3.83. The molecule has 0 radical (unpaired) electrons. The monoisotopic (exact) mass is 334 g/mol. The average Bonchev–Trinajstić information content (AvgIpc) is 3.11. The number of benzene rings is 2. The number of hydrogen-bond donors (Lipinski definition) is 3. The molecular formula is C19H18N4O2. The maximum Gasteiger partial charge on any atom is 0.205 e. The molecule has 0 fully saturated rings. The Bertz CT molecular complexity index is 917. The molecule has 4 N–H and O–H groups in total. The molecule has 0 amide bonds. The van der Waals surface area contributed by atoms with E-state index < -0.39 is 0 Å². The Morgan fingerprint density at radius 3 is 2.68 bits per heavy atom. The first kappa shape index (κ1) is 15.1. The molecule has 0 aliphatic carbocycles. The zero-order valence-electron chi connectivity index (χ0n) is 13.7. The Kier molecular flexibility index (Phi) is 3.57. The van der Waals surface area contributed by atoms with Crippen LogP contribution in [-0.4, -0.2) is 12.9 Å². The number of hydrogen-bond acceptors (Lipinski definition) is 5. The van der Waals surface area contributed by atoms with Crippen LogP contribution in [0.2, 0.25) is 0 Å². The Hall–Kier alpha value is -3.41. The van der Waals surface area contributed by atoms with Gasteiger partial charge in [-0.2, -0.15) is 0 Å². The number of nitrogens with two attached hydrogens (primary N) is 1. The third-order valence-electron chi connectivity index (χ3n) is 4.26. The van der Waals surface area contributed by atoms with Crippen LogP contribution in [0.15, 0.2) is 65.3 Å². The van der Waals surface area contributed by atoms with Crippen LogP contribution >= 0.6 is 0 Å².